The molecular formula is C17H16O4. The van der Waals surface area contributed by atoms with Crippen LogP contribution in [0.3, 0.4) is 0 Å². The van der Waals surface area contributed by atoms with E-state index in [-0.39, 0.29) is 12.4 Å². The lowest BCUT2D eigenvalue weighted by Crippen LogP contribution is -1.96. The Morgan fingerprint density at radius 3 is 2.71 bits per heavy atom. The standard InChI is InChI=1S/C17H16O4/c1-20-17-11-15(9-8-13(17)6-4-10-18)21-12-14-5-2-3-7-16(14)19/h2-11,19H,12H2,1H3/b6-4-. The van der Waals surface area contributed by atoms with Gasteiger partial charge in [-0.1, -0.05) is 18.2 Å². The number of ether oxygens (including phenoxy) is 2. The van der Waals surface area contributed by atoms with Gasteiger partial charge in [0.1, 0.15) is 30.1 Å². The van der Waals surface area contributed by atoms with Crippen LogP contribution in [0.4, 0.5) is 0 Å². The molecule has 0 amide bonds. The number of phenols is 1. The fourth-order valence-corrected chi connectivity index (χ4v) is 1.86. The first-order valence-corrected chi connectivity index (χ1v) is 6.44. The number of carbonyl (C=O) groups excluding carboxylic acids is 1. The number of allylic oxidation sites excluding steroid dienone is 1. The van der Waals surface area contributed by atoms with Crippen molar-refractivity contribution < 1.29 is 19.4 Å². The Balaban J connectivity index is 2.12. The molecule has 2 rings (SSSR count). The number of phenolic OH excluding ortho intramolecular Hbond substituents is 1. The molecule has 2 aromatic carbocycles. The normalized spacial score (nSPS) is 10.5. The largest absolute Gasteiger partial charge is 0.508 e. The molecule has 0 saturated heterocycles. The number of rotatable bonds is 6. The van der Waals surface area contributed by atoms with Crippen LogP contribution in [-0.4, -0.2) is 18.5 Å². The van der Waals surface area contributed by atoms with E-state index in [0.29, 0.717) is 23.3 Å². The third kappa shape index (κ3) is 3.86. The Kier molecular flexibility index (Phi) is 4.99. The molecule has 0 radical (unpaired) electrons. The first-order chi connectivity index (χ1) is 10.2. The van der Waals surface area contributed by atoms with Crippen LogP contribution < -0.4 is 9.47 Å². The molecule has 108 valence electrons. The van der Waals surface area contributed by atoms with Gasteiger partial charge in [-0.3, -0.25) is 4.79 Å². The van der Waals surface area contributed by atoms with E-state index in [2.05, 4.69) is 0 Å². The molecule has 0 fully saturated rings. The summed E-state index contributed by atoms with van der Waals surface area (Å²) in [6.07, 6.45) is 3.78. The summed E-state index contributed by atoms with van der Waals surface area (Å²) in [5.41, 5.74) is 1.50. The molecule has 21 heavy (non-hydrogen) atoms. The van der Waals surface area contributed by atoms with Gasteiger partial charge in [0, 0.05) is 17.2 Å². The zero-order valence-electron chi connectivity index (χ0n) is 11.7. The zero-order valence-corrected chi connectivity index (χ0v) is 11.7. The molecule has 0 bridgehead atoms. The molecule has 0 aliphatic heterocycles. The lowest BCUT2D eigenvalue weighted by molar-refractivity contribution is -0.104. The molecular weight excluding hydrogens is 268 g/mol. The monoisotopic (exact) mass is 284 g/mol. The Morgan fingerprint density at radius 2 is 2.00 bits per heavy atom. The predicted octanol–water partition coefficient (Wildman–Crippen LogP) is 3.19. The third-order valence-corrected chi connectivity index (χ3v) is 2.95. The molecule has 0 atom stereocenters. The van der Waals surface area contributed by atoms with E-state index in [9.17, 15) is 9.90 Å². The van der Waals surface area contributed by atoms with Crippen molar-refractivity contribution in [1.82, 2.24) is 0 Å². The van der Waals surface area contributed by atoms with E-state index in [1.165, 1.54) is 6.08 Å². The van der Waals surface area contributed by atoms with Gasteiger partial charge in [0.2, 0.25) is 0 Å². The third-order valence-electron chi connectivity index (χ3n) is 2.95. The topological polar surface area (TPSA) is 55.8 Å². The summed E-state index contributed by atoms with van der Waals surface area (Å²) in [6.45, 7) is 0.263. The number of benzene rings is 2. The van der Waals surface area contributed by atoms with Gasteiger partial charge in [-0.2, -0.15) is 0 Å². The highest BCUT2D eigenvalue weighted by Gasteiger charge is 2.05. The molecule has 0 unspecified atom stereocenters. The first kappa shape index (κ1) is 14.7. The maximum absolute atomic E-state index is 10.4. The SMILES string of the molecule is COc1cc(OCc2ccccc2O)ccc1/C=C\C=O. The number of hydrogen-bond donors (Lipinski definition) is 1. The van der Waals surface area contributed by atoms with Crippen LogP contribution in [0.2, 0.25) is 0 Å². The zero-order chi connectivity index (χ0) is 15.1. The molecule has 0 saturated carbocycles. The van der Waals surface area contributed by atoms with Crippen LogP contribution in [0.1, 0.15) is 11.1 Å². The molecule has 0 aromatic heterocycles. The number of hydrogen-bond acceptors (Lipinski definition) is 4. The fourth-order valence-electron chi connectivity index (χ4n) is 1.86. The highest BCUT2D eigenvalue weighted by atomic mass is 16.5. The maximum atomic E-state index is 10.4. The second kappa shape index (κ2) is 7.14. The minimum absolute atomic E-state index is 0.204. The van der Waals surface area contributed by atoms with Gasteiger partial charge in [0.15, 0.2) is 0 Å². The van der Waals surface area contributed by atoms with Gasteiger partial charge in [-0.15, -0.1) is 0 Å². The summed E-state index contributed by atoms with van der Waals surface area (Å²) in [5.74, 6) is 1.44. The van der Waals surface area contributed by atoms with Crippen molar-refractivity contribution in [2.75, 3.05) is 7.11 Å². The average Bonchev–Trinajstić information content (AvgIpc) is 2.52. The number of methoxy groups -OCH3 is 1. The van der Waals surface area contributed by atoms with Gasteiger partial charge in [0.25, 0.3) is 0 Å². The first-order valence-electron chi connectivity index (χ1n) is 6.44. The summed E-state index contributed by atoms with van der Waals surface area (Å²) >= 11 is 0. The van der Waals surface area contributed by atoms with E-state index < -0.39 is 0 Å². The summed E-state index contributed by atoms with van der Waals surface area (Å²) in [5, 5.41) is 9.68. The minimum atomic E-state index is 0.204. The fraction of sp³-hybridized carbons (Fsp3) is 0.118. The summed E-state index contributed by atoms with van der Waals surface area (Å²) < 4.78 is 10.9. The predicted molar refractivity (Wildman–Crippen MR) is 80.5 cm³/mol. The van der Waals surface area contributed by atoms with Crippen LogP contribution in [0, 0.1) is 0 Å². The lowest BCUT2D eigenvalue weighted by atomic mass is 10.1. The molecule has 2 aromatic rings. The van der Waals surface area contributed by atoms with Crippen molar-refractivity contribution in [2.45, 2.75) is 6.61 Å². The Labute approximate surface area is 123 Å². The number of aldehydes is 1. The molecule has 0 heterocycles. The molecule has 4 heteroatoms. The second-order valence-corrected chi connectivity index (χ2v) is 4.32. The van der Waals surface area contributed by atoms with Crippen molar-refractivity contribution in [1.29, 1.82) is 0 Å². The highest BCUT2D eigenvalue weighted by Crippen LogP contribution is 2.27. The summed E-state index contributed by atoms with van der Waals surface area (Å²) in [6, 6.07) is 12.3. The van der Waals surface area contributed by atoms with E-state index in [1.807, 2.05) is 6.07 Å². The van der Waals surface area contributed by atoms with Crippen molar-refractivity contribution in [3.05, 3.63) is 59.7 Å². The molecule has 0 spiro atoms. The Bertz CT molecular complexity index is 647. The lowest BCUT2D eigenvalue weighted by Gasteiger charge is -2.10. The summed E-state index contributed by atoms with van der Waals surface area (Å²) in [4.78, 5) is 10.4. The van der Waals surface area contributed by atoms with Crippen molar-refractivity contribution in [3.63, 3.8) is 0 Å². The van der Waals surface area contributed by atoms with Gasteiger partial charge in [-0.25, -0.2) is 0 Å². The minimum Gasteiger partial charge on any atom is -0.508 e. The summed E-state index contributed by atoms with van der Waals surface area (Å²) in [7, 11) is 1.56. The average molecular weight is 284 g/mol. The number of para-hydroxylation sites is 1. The van der Waals surface area contributed by atoms with Crippen LogP contribution in [-0.2, 0) is 11.4 Å². The van der Waals surface area contributed by atoms with Gasteiger partial charge < -0.3 is 14.6 Å². The van der Waals surface area contributed by atoms with Crippen LogP contribution in [0.25, 0.3) is 6.08 Å². The van der Waals surface area contributed by atoms with E-state index in [0.717, 1.165) is 5.56 Å². The molecule has 0 aliphatic rings. The van der Waals surface area contributed by atoms with Crippen LogP contribution >= 0.6 is 0 Å². The highest BCUT2D eigenvalue weighted by molar-refractivity contribution is 5.75. The van der Waals surface area contributed by atoms with Gasteiger partial charge in [-0.05, 0) is 30.4 Å². The quantitative estimate of drug-likeness (QED) is 0.654. The number of aromatic hydroxyl groups is 1. The number of carbonyl (C=O) groups is 1. The van der Waals surface area contributed by atoms with Crippen LogP contribution in [0.5, 0.6) is 17.2 Å². The van der Waals surface area contributed by atoms with E-state index >= 15 is 0 Å². The van der Waals surface area contributed by atoms with E-state index in [1.54, 1.807) is 49.6 Å². The Morgan fingerprint density at radius 1 is 1.19 bits per heavy atom. The molecule has 0 aliphatic carbocycles. The van der Waals surface area contributed by atoms with Crippen molar-refractivity contribution in [3.8, 4) is 17.2 Å². The van der Waals surface area contributed by atoms with Gasteiger partial charge in [0.05, 0.1) is 7.11 Å². The van der Waals surface area contributed by atoms with Crippen LogP contribution in [0.15, 0.2) is 48.5 Å². The van der Waals surface area contributed by atoms with Crippen molar-refractivity contribution >= 4 is 12.4 Å². The molecule has 1 N–H and O–H groups in total. The maximum Gasteiger partial charge on any atom is 0.142 e. The van der Waals surface area contributed by atoms with E-state index in [4.69, 9.17) is 9.47 Å². The Hall–Kier alpha value is -2.75. The molecule has 4 nitrogen and oxygen atoms in total. The van der Waals surface area contributed by atoms with Gasteiger partial charge >= 0.3 is 0 Å². The van der Waals surface area contributed by atoms with Crippen molar-refractivity contribution in [2.24, 2.45) is 0 Å². The smallest absolute Gasteiger partial charge is 0.142 e. The second-order valence-electron chi connectivity index (χ2n) is 4.32.